The summed E-state index contributed by atoms with van der Waals surface area (Å²) in [5.74, 6) is 7.05. The minimum Gasteiger partial charge on any atom is -0.454 e. The molecule has 0 bridgehead atoms. The van der Waals surface area contributed by atoms with Crippen molar-refractivity contribution in [3.8, 4) is 126 Å². The number of benzene rings is 4. The van der Waals surface area contributed by atoms with Crippen LogP contribution in [0.15, 0.2) is 152 Å². The van der Waals surface area contributed by atoms with E-state index in [0.29, 0.717) is 157 Å². The molecule has 0 atom stereocenters. The molecule has 0 aliphatic carbocycles. The SMILES string of the molecule is CC1(N)CCN(c2nc(N)c(-c3cc(Cl)cc(Cl)c3)nc2-c2nnco2)CC1.CC1(N)CCN(c2nc(N)c(-c3cccc(Cl)c3Cl)nc2-c2nnco2)CC1.CC1(N)CCN(c2nc(N)c(-c3cccc4c3OCO4)nc2-c2nnco2)CC1.CC1(N)CCN(c2nc(N)c(-c3ccnc(Cl)c3)nc2-c2nnco2)CC1.Cn1cnc2cc(-c3nc(-c4nnco4)c(N4CCC(C)(N)CC4)nc3N)ccc21. The van der Waals surface area contributed by atoms with E-state index in [-0.39, 0.29) is 81.3 Å². The first-order valence-corrected chi connectivity index (χ1v) is 47.2. The number of pyridine rings is 1. The third-order valence-corrected chi connectivity index (χ3v) is 26.8. The highest BCUT2D eigenvalue weighted by atomic mass is 35.5. The number of halogens is 5. The molecular formula is C92H101Cl5N38O7. The van der Waals surface area contributed by atoms with Gasteiger partial charge in [-0.2, -0.15) is 0 Å². The number of fused-ring (bicyclic) bond motifs is 2. The van der Waals surface area contributed by atoms with Gasteiger partial charge in [0.2, 0.25) is 38.8 Å². The van der Waals surface area contributed by atoms with E-state index in [9.17, 15) is 0 Å². The van der Waals surface area contributed by atoms with Gasteiger partial charge in [-0.1, -0.05) is 82.3 Å². The largest absolute Gasteiger partial charge is 0.454 e. The van der Waals surface area contributed by atoms with Crippen LogP contribution in [0.1, 0.15) is 98.8 Å². The van der Waals surface area contributed by atoms with Crippen LogP contribution >= 0.6 is 58.0 Å². The van der Waals surface area contributed by atoms with Gasteiger partial charge in [0.05, 0.1) is 33.0 Å². The fourth-order valence-corrected chi connectivity index (χ4v) is 18.0. The van der Waals surface area contributed by atoms with E-state index in [4.69, 9.17) is 177 Å². The molecule has 5 fully saturated rings. The summed E-state index contributed by atoms with van der Waals surface area (Å²) < 4.78 is 40.1. The molecule has 12 aromatic heterocycles. The Bertz CT molecular complexity index is 7130. The van der Waals surface area contributed by atoms with Crippen molar-refractivity contribution in [2.75, 3.05) is 125 Å². The maximum absolute atomic E-state index is 6.37. The fraction of sp³-hybridized carbons (Fsp3) is 0.348. The Morgan fingerprint density at radius 1 is 0.331 bits per heavy atom. The molecule has 6 aliphatic rings. The number of ether oxygens (including phenoxy) is 2. The van der Waals surface area contributed by atoms with Gasteiger partial charge in [0.15, 0.2) is 98.1 Å². The van der Waals surface area contributed by atoms with E-state index in [1.807, 2.05) is 54.9 Å². The summed E-state index contributed by atoms with van der Waals surface area (Å²) in [6.45, 7) is 17.8. The number of para-hydroxylation sites is 1. The van der Waals surface area contributed by atoms with Crippen LogP contribution in [0.4, 0.5) is 58.2 Å². The molecule has 4 aromatic carbocycles. The van der Waals surface area contributed by atoms with Gasteiger partial charge in [-0.25, -0.2) is 59.8 Å². The minimum atomic E-state index is -0.200. The smallest absolute Gasteiger partial charge is 0.269 e. The van der Waals surface area contributed by atoms with Gasteiger partial charge in [-0.05, 0) is 159 Å². The quantitative estimate of drug-likeness (QED) is 0.0426. The van der Waals surface area contributed by atoms with Crippen molar-refractivity contribution in [1.82, 2.24) is 115 Å². The highest BCUT2D eigenvalue weighted by Gasteiger charge is 2.38. The molecule has 5 saturated heterocycles. The predicted octanol–water partition coefficient (Wildman–Crippen LogP) is 12.7. The first-order chi connectivity index (χ1) is 68.0. The molecule has 45 nitrogen and oxygen atoms in total. The third-order valence-electron chi connectivity index (χ3n) is 25.4. The van der Waals surface area contributed by atoms with E-state index in [1.165, 1.54) is 32.0 Å². The maximum Gasteiger partial charge on any atom is 0.269 e. The van der Waals surface area contributed by atoms with Crippen molar-refractivity contribution in [3.05, 3.63) is 155 Å². The Hall–Kier alpha value is -14.6. The number of piperidine rings is 5. The van der Waals surface area contributed by atoms with E-state index in [2.05, 4.69) is 133 Å². The molecule has 20 N–H and O–H groups in total. The Morgan fingerprint density at radius 2 is 0.662 bits per heavy atom. The van der Waals surface area contributed by atoms with E-state index < -0.39 is 0 Å². The first kappa shape index (κ1) is 97.7. The van der Waals surface area contributed by atoms with Gasteiger partial charge in [0.1, 0.15) is 33.6 Å². The number of imidazole rings is 1. The normalized spacial score (nSPS) is 16.6. The minimum absolute atomic E-state index is 0.153. The lowest BCUT2D eigenvalue weighted by atomic mass is 9.91. The van der Waals surface area contributed by atoms with Crippen LogP contribution in [0, 0.1) is 0 Å². The van der Waals surface area contributed by atoms with Crippen molar-refractivity contribution < 1.29 is 31.6 Å². The highest BCUT2D eigenvalue weighted by Crippen LogP contribution is 2.47. The summed E-state index contributed by atoms with van der Waals surface area (Å²) in [7, 11) is 1.95. The number of nitrogens with zero attached hydrogens (tertiary/aromatic N) is 28. The molecule has 0 saturated carbocycles. The van der Waals surface area contributed by atoms with E-state index >= 15 is 0 Å². The lowest BCUT2D eigenvalue weighted by molar-refractivity contribution is 0.174. The Kier molecular flexibility index (Phi) is 27.9. The zero-order valence-corrected chi connectivity index (χ0v) is 81.8. The molecule has 736 valence electrons. The van der Waals surface area contributed by atoms with Crippen LogP contribution in [0.5, 0.6) is 11.5 Å². The zero-order chi connectivity index (χ0) is 99.7. The van der Waals surface area contributed by atoms with Crippen LogP contribution in [0.3, 0.4) is 0 Å². The Labute approximate surface area is 837 Å². The van der Waals surface area contributed by atoms with Crippen LogP contribution in [-0.4, -0.2) is 215 Å². The molecule has 22 rings (SSSR count). The molecule has 0 radical (unpaired) electrons. The van der Waals surface area contributed by atoms with Gasteiger partial charge < -0.3 is 118 Å². The maximum atomic E-state index is 6.37. The summed E-state index contributed by atoms with van der Waals surface area (Å²) in [6.07, 6.45) is 18.0. The average molecular weight is 2030 g/mol. The number of anilines is 10. The van der Waals surface area contributed by atoms with Crippen LogP contribution in [0.2, 0.25) is 25.2 Å². The number of rotatable bonds is 15. The number of hydrogen-bond donors (Lipinski definition) is 10. The van der Waals surface area contributed by atoms with Crippen molar-refractivity contribution in [3.63, 3.8) is 0 Å². The number of aromatic nitrogens is 23. The first-order valence-electron chi connectivity index (χ1n) is 45.3. The predicted molar refractivity (Wildman–Crippen MR) is 539 cm³/mol. The molecule has 0 amide bonds. The molecule has 142 heavy (non-hydrogen) atoms. The number of nitrogen functional groups attached to an aromatic ring is 5. The van der Waals surface area contributed by atoms with Gasteiger partial charge in [-0.3, -0.25) is 0 Å². The summed E-state index contributed by atoms with van der Waals surface area (Å²) in [5, 5.41) is 41.1. The highest BCUT2D eigenvalue weighted by molar-refractivity contribution is 6.43. The van der Waals surface area contributed by atoms with Crippen molar-refractivity contribution in [1.29, 1.82) is 0 Å². The summed E-state index contributed by atoms with van der Waals surface area (Å²) in [5.41, 5.74) is 71.9. The second-order valence-electron chi connectivity index (χ2n) is 36.8. The topological polar surface area (TPSA) is 649 Å². The Morgan fingerprint density at radius 3 is 1.02 bits per heavy atom. The summed E-state index contributed by atoms with van der Waals surface area (Å²) >= 11 is 30.8. The molecule has 6 aliphatic heterocycles. The van der Waals surface area contributed by atoms with Crippen LogP contribution in [-0.2, 0) is 7.05 Å². The second kappa shape index (κ2) is 40.6. The van der Waals surface area contributed by atoms with Gasteiger partial charge in [0, 0.05) is 139 Å². The van der Waals surface area contributed by atoms with Crippen molar-refractivity contribution in [2.45, 2.75) is 127 Å². The monoisotopic (exact) mass is 2020 g/mol. The van der Waals surface area contributed by atoms with Crippen LogP contribution < -0.4 is 91.3 Å². The van der Waals surface area contributed by atoms with Crippen molar-refractivity contribution >= 4 is 127 Å². The van der Waals surface area contributed by atoms with E-state index in [0.717, 1.165) is 146 Å². The molecule has 0 spiro atoms. The summed E-state index contributed by atoms with van der Waals surface area (Å²) in [6, 6.07) is 25.3. The Balaban J connectivity index is 0.000000117. The molecule has 18 heterocycles. The molecular weight excluding hydrogens is 1930 g/mol. The van der Waals surface area contributed by atoms with Gasteiger partial charge in [0.25, 0.3) is 29.5 Å². The van der Waals surface area contributed by atoms with E-state index in [1.54, 1.807) is 61.1 Å². The number of aryl methyl sites for hydroxylation is 1. The zero-order valence-electron chi connectivity index (χ0n) is 78.0. The molecule has 50 heteroatoms. The van der Waals surface area contributed by atoms with Gasteiger partial charge in [-0.15, -0.1) is 51.0 Å². The van der Waals surface area contributed by atoms with Gasteiger partial charge >= 0.3 is 0 Å². The third kappa shape index (κ3) is 21.8. The molecule has 0 unspecified atom stereocenters. The number of hydrogen-bond acceptors (Lipinski definition) is 44. The lowest BCUT2D eigenvalue weighted by Gasteiger charge is -2.37. The summed E-state index contributed by atoms with van der Waals surface area (Å²) in [4.78, 5) is 65.9. The molecule has 16 aromatic rings. The second-order valence-corrected chi connectivity index (χ2v) is 38.8. The average Bonchev–Trinajstić information content (AvgIpc) is 1.37. The lowest BCUT2D eigenvalue weighted by Crippen LogP contribution is -2.48. The standard InChI is InChI=1S/C20H23N9O.C19H21N7O3.2C18H19Cl2N7O.C17H19ClN8O/c1-20(22)5-7-29(8-6-20)18-16(19-27-24-11-30-19)25-15(17(21)26-18)12-3-4-14-13(9-12)23-10-28(14)2;1-19(21)5-7-26(8-6-19)17-14(18-25-22-9-27-18)23-13(16(20)24-17)11-3-2-4-12-15(11)29-10-28-12;1-18(22)2-4-27(5-3-18)16-14(17-26-23-9-28-17)24-13(15(21)25-16)10-6-11(19)8-12(20)7-10;1-18(22)5-7-27(8-6-18)16-14(17-26-23-9-28-17)24-13(15(21)25-16)10-3-2-4-11(19)12(10)20;1-17(20)3-6-26(7-4-17)15-13(16-25-22-9-27-16)23-12(14(19)24-15)10-2-5-21-11(18)8-10/h3-4,9-11H,5-8,22H2,1-2H3,(H2,21,26);2-4,9H,5-8,10,21H2,1H3,(H2,20,24);6-9H,2-5,22H2,1H3,(H2,21,25);2-4,9H,5-8,22H2,1H3,(H2,21,25);2,5,8-9H,3-4,6-7,20H2,1H3,(H2,19,24). The van der Waals surface area contributed by atoms with Crippen molar-refractivity contribution in [2.24, 2.45) is 35.7 Å². The van der Waals surface area contributed by atoms with Crippen LogP contribution in [0.25, 0.3) is 125 Å². The number of nitrogens with two attached hydrogens (primary N) is 10. The fourth-order valence-electron chi connectivity index (χ4n) is 16.9.